The molecule has 1 aliphatic heterocycles. The molecular weight excluding hydrogens is 574 g/mol. The van der Waals surface area contributed by atoms with Gasteiger partial charge in [0.15, 0.2) is 0 Å². The summed E-state index contributed by atoms with van der Waals surface area (Å²) in [5.74, 6) is 4.32. The van der Waals surface area contributed by atoms with Crippen molar-refractivity contribution in [1.29, 1.82) is 10.5 Å². The van der Waals surface area contributed by atoms with E-state index in [0.717, 1.165) is 61.7 Å². The minimum absolute atomic E-state index is 0.278. The number of allylic oxidation sites excluding steroid dienone is 4. The van der Waals surface area contributed by atoms with Crippen molar-refractivity contribution in [1.82, 2.24) is 0 Å². The molecule has 0 amide bonds. The van der Waals surface area contributed by atoms with Crippen LogP contribution in [0.25, 0.3) is 5.57 Å². The Bertz CT molecular complexity index is 1550. The molecule has 0 aromatic heterocycles. The molecule has 0 bridgehead atoms. The molecular formula is C43H53N3O. The van der Waals surface area contributed by atoms with E-state index in [1.807, 2.05) is 0 Å². The molecule has 7 rings (SSSR count). The normalized spacial score (nSPS) is 30.3. The molecule has 0 N–H and O–H groups in total. The summed E-state index contributed by atoms with van der Waals surface area (Å²) in [6.45, 7) is 4.52. The first kappa shape index (κ1) is 32.1. The molecule has 2 aromatic carbocycles. The number of nitriles is 2. The van der Waals surface area contributed by atoms with E-state index in [1.54, 1.807) is 0 Å². The lowest BCUT2D eigenvalue weighted by Gasteiger charge is -2.47. The predicted octanol–water partition coefficient (Wildman–Crippen LogP) is 10.8. The summed E-state index contributed by atoms with van der Waals surface area (Å²) >= 11 is 0. The zero-order valence-corrected chi connectivity index (χ0v) is 28.7. The molecule has 4 nitrogen and oxygen atoms in total. The van der Waals surface area contributed by atoms with Crippen molar-refractivity contribution >= 4 is 11.3 Å². The summed E-state index contributed by atoms with van der Waals surface area (Å²) in [5.41, 5.74) is 7.96. The van der Waals surface area contributed by atoms with Crippen molar-refractivity contribution in [3.05, 3.63) is 76.9 Å². The van der Waals surface area contributed by atoms with Crippen molar-refractivity contribution in [2.75, 3.05) is 4.90 Å². The second-order valence-electron chi connectivity index (χ2n) is 15.4. The van der Waals surface area contributed by atoms with E-state index >= 15 is 0 Å². The van der Waals surface area contributed by atoms with Gasteiger partial charge in [-0.2, -0.15) is 10.5 Å². The largest absolute Gasteiger partial charge is 0.489 e. The average Bonchev–Trinajstić information content (AvgIpc) is 3.47. The van der Waals surface area contributed by atoms with Gasteiger partial charge in [-0.05, 0) is 143 Å². The number of nitrogens with zero attached hydrogens (tertiary/aromatic N) is 3. The molecule has 6 atom stereocenters. The van der Waals surface area contributed by atoms with Gasteiger partial charge >= 0.3 is 0 Å². The van der Waals surface area contributed by atoms with Crippen LogP contribution < -0.4 is 9.64 Å². The van der Waals surface area contributed by atoms with Gasteiger partial charge in [0.2, 0.25) is 0 Å². The molecule has 246 valence electrons. The average molecular weight is 628 g/mol. The van der Waals surface area contributed by atoms with Crippen molar-refractivity contribution in [3.8, 4) is 17.9 Å². The highest BCUT2D eigenvalue weighted by Crippen LogP contribution is 2.49. The van der Waals surface area contributed by atoms with E-state index in [1.165, 1.54) is 79.3 Å². The molecule has 4 aliphatic carbocycles. The third-order valence-electron chi connectivity index (χ3n) is 12.7. The van der Waals surface area contributed by atoms with Crippen LogP contribution in [0.5, 0.6) is 5.75 Å². The summed E-state index contributed by atoms with van der Waals surface area (Å²) in [5, 5.41) is 18.5. The van der Waals surface area contributed by atoms with Crippen LogP contribution in [0.3, 0.4) is 0 Å². The Kier molecular flexibility index (Phi) is 9.77. The quantitative estimate of drug-likeness (QED) is 0.260. The number of ether oxygens (including phenoxy) is 1. The van der Waals surface area contributed by atoms with Crippen molar-refractivity contribution in [2.24, 2.45) is 23.7 Å². The smallest absolute Gasteiger partial charge is 0.123 e. The molecule has 0 radical (unpaired) electrons. The molecule has 6 unspecified atom stereocenters. The fourth-order valence-corrected chi connectivity index (χ4v) is 10.2. The van der Waals surface area contributed by atoms with Gasteiger partial charge in [0, 0.05) is 47.7 Å². The van der Waals surface area contributed by atoms with Gasteiger partial charge in [0.05, 0.1) is 12.1 Å². The van der Waals surface area contributed by atoms with Crippen LogP contribution in [0, 0.1) is 53.3 Å². The maximum atomic E-state index is 9.40. The first-order chi connectivity index (χ1) is 23.0. The van der Waals surface area contributed by atoms with E-state index in [9.17, 15) is 5.26 Å². The fraction of sp³-hybridized carbons (Fsp3) is 0.581. The Morgan fingerprint density at radius 1 is 0.872 bits per heavy atom. The molecule has 2 saturated carbocycles. The topological polar surface area (TPSA) is 60.0 Å². The highest BCUT2D eigenvalue weighted by Gasteiger charge is 2.43. The monoisotopic (exact) mass is 627 g/mol. The van der Waals surface area contributed by atoms with Crippen LogP contribution in [0.1, 0.15) is 126 Å². The second-order valence-corrected chi connectivity index (χ2v) is 15.4. The van der Waals surface area contributed by atoms with Gasteiger partial charge in [-0.15, -0.1) is 0 Å². The number of anilines is 1. The van der Waals surface area contributed by atoms with Crippen molar-refractivity contribution in [2.45, 2.75) is 134 Å². The fourth-order valence-electron chi connectivity index (χ4n) is 10.2. The number of benzene rings is 2. The predicted molar refractivity (Wildman–Crippen MR) is 191 cm³/mol. The Balaban J connectivity index is 1.10. The first-order valence-electron chi connectivity index (χ1n) is 18.9. The summed E-state index contributed by atoms with van der Waals surface area (Å²) in [6.07, 6.45) is 22.2. The maximum absolute atomic E-state index is 9.40. The van der Waals surface area contributed by atoms with Gasteiger partial charge in [0.25, 0.3) is 0 Å². The Morgan fingerprint density at radius 2 is 1.64 bits per heavy atom. The van der Waals surface area contributed by atoms with E-state index in [0.29, 0.717) is 36.3 Å². The molecule has 0 spiro atoms. The number of hydrogen-bond acceptors (Lipinski definition) is 4. The third kappa shape index (κ3) is 6.77. The van der Waals surface area contributed by atoms with E-state index in [2.05, 4.69) is 85.5 Å². The van der Waals surface area contributed by atoms with Crippen LogP contribution >= 0.6 is 0 Å². The SMILES string of the molecule is CCC(CCCC#N)C1CCC(N(c2ccc(C3=CC4CCC(C#N)=CC4CC3)cc2)C2CCC3c4ccc(C)cc4OC3C2)CC1. The number of unbranched alkanes of at least 4 members (excludes halogenated alkanes) is 1. The van der Waals surface area contributed by atoms with Gasteiger partial charge in [-0.1, -0.05) is 49.8 Å². The van der Waals surface area contributed by atoms with Gasteiger partial charge in [-0.25, -0.2) is 0 Å². The van der Waals surface area contributed by atoms with Crippen LogP contribution in [-0.4, -0.2) is 18.2 Å². The number of rotatable bonds is 9. The van der Waals surface area contributed by atoms with E-state index in [4.69, 9.17) is 10.00 Å². The van der Waals surface area contributed by atoms with Crippen LogP contribution in [-0.2, 0) is 0 Å². The van der Waals surface area contributed by atoms with Crippen molar-refractivity contribution in [3.63, 3.8) is 0 Å². The minimum Gasteiger partial charge on any atom is -0.489 e. The Hall–Kier alpha value is -3.50. The second kappa shape index (κ2) is 14.3. The lowest BCUT2D eigenvalue weighted by molar-refractivity contribution is 0.140. The lowest BCUT2D eigenvalue weighted by Crippen LogP contribution is -2.49. The zero-order valence-electron chi connectivity index (χ0n) is 28.7. The molecule has 4 heteroatoms. The summed E-state index contributed by atoms with van der Waals surface area (Å²) in [6, 6.07) is 22.3. The molecule has 0 saturated heterocycles. The van der Waals surface area contributed by atoms with E-state index < -0.39 is 0 Å². The van der Waals surface area contributed by atoms with E-state index in [-0.39, 0.29) is 6.10 Å². The Labute approximate surface area is 283 Å². The first-order valence-corrected chi connectivity index (χ1v) is 18.9. The molecule has 1 heterocycles. The third-order valence-corrected chi connectivity index (χ3v) is 12.7. The van der Waals surface area contributed by atoms with Crippen LogP contribution in [0.4, 0.5) is 5.69 Å². The summed E-state index contributed by atoms with van der Waals surface area (Å²) in [7, 11) is 0. The van der Waals surface area contributed by atoms with Gasteiger partial charge in [-0.3, -0.25) is 0 Å². The zero-order chi connectivity index (χ0) is 32.3. The van der Waals surface area contributed by atoms with Gasteiger partial charge < -0.3 is 9.64 Å². The highest BCUT2D eigenvalue weighted by molar-refractivity contribution is 5.69. The summed E-state index contributed by atoms with van der Waals surface area (Å²) in [4.78, 5) is 2.85. The molecule has 47 heavy (non-hydrogen) atoms. The lowest BCUT2D eigenvalue weighted by atomic mass is 9.73. The van der Waals surface area contributed by atoms with Crippen LogP contribution in [0.2, 0.25) is 0 Å². The highest BCUT2D eigenvalue weighted by atomic mass is 16.5. The number of hydrogen-bond donors (Lipinski definition) is 0. The molecule has 5 aliphatic rings. The summed E-state index contributed by atoms with van der Waals surface area (Å²) < 4.78 is 6.68. The molecule has 2 fully saturated rings. The minimum atomic E-state index is 0.278. The maximum Gasteiger partial charge on any atom is 0.123 e. The Morgan fingerprint density at radius 3 is 2.40 bits per heavy atom. The standard InChI is InChI=1S/C43H53N3O/c1-3-31(6-4-5-23-44)32-12-16-37(17-13-32)46(39-20-22-41-40-21-7-29(2)24-42(40)47-43(41)27-39)38-18-14-33(15-19-38)35-11-10-34-25-30(28-45)8-9-36(34)26-35/h7,14-15,18-19,21,24-26,31-32,34,36-37,39,41,43H,3-6,8-13,16-17,20,22,27H2,1-2H3. The van der Waals surface area contributed by atoms with Crippen LogP contribution in [0.15, 0.2) is 60.2 Å². The number of aryl methyl sites for hydroxylation is 1. The van der Waals surface area contributed by atoms with Gasteiger partial charge in [0.1, 0.15) is 11.9 Å². The molecule has 2 aromatic rings. The number of fused-ring (bicyclic) bond motifs is 4. The van der Waals surface area contributed by atoms with Crippen molar-refractivity contribution < 1.29 is 4.74 Å².